The summed E-state index contributed by atoms with van der Waals surface area (Å²) in [7, 11) is 0. The molecule has 0 radical (unpaired) electrons. The molecule has 0 unspecified atom stereocenters. The lowest BCUT2D eigenvalue weighted by Gasteiger charge is -2.23. The summed E-state index contributed by atoms with van der Waals surface area (Å²) in [4.78, 5) is 0. The Morgan fingerprint density at radius 1 is 1.19 bits per heavy atom. The van der Waals surface area contributed by atoms with E-state index in [0.717, 1.165) is 24.6 Å². The minimum atomic E-state index is 0.0879. The Balaban J connectivity index is 1.86. The largest absolute Gasteiger partial charge is 0.492 e. The molecule has 0 atom stereocenters. The highest BCUT2D eigenvalue weighted by Gasteiger charge is 2.18. The second-order valence-electron chi connectivity index (χ2n) is 6.35. The van der Waals surface area contributed by atoms with Gasteiger partial charge >= 0.3 is 0 Å². The summed E-state index contributed by atoms with van der Waals surface area (Å²) in [6, 6.07) is 10.3. The number of nitrogens with one attached hydrogen (secondary N) is 1. The maximum absolute atomic E-state index is 5.97. The van der Waals surface area contributed by atoms with E-state index in [1.165, 1.54) is 11.1 Å². The Labute approximate surface area is 127 Å². The minimum Gasteiger partial charge on any atom is -0.492 e. The SMILES string of the molecule is Cc1ccc(C(C)(C)C)c(OCCNCc2ccco2)c1. The third-order valence-corrected chi connectivity index (χ3v) is 3.36. The zero-order valence-electron chi connectivity index (χ0n) is 13.4. The molecule has 0 spiro atoms. The Kier molecular flexibility index (Phi) is 5.07. The molecular formula is C18H25NO2. The van der Waals surface area contributed by atoms with Gasteiger partial charge in [0.05, 0.1) is 12.8 Å². The number of furan rings is 1. The van der Waals surface area contributed by atoms with Crippen molar-refractivity contribution in [1.82, 2.24) is 5.32 Å². The van der Waals surface area contributed by atoms with Crippen LogP contribution < -0.4 is 10.1 Å². The molecule has 1 aromatic heterocycles. The average molecular weight is 287 g/mol. The number of hydrogen-bond acceptors (Lipinski definition) is 3. The molecule has 0 saturated heterocycles. The van der Waals surface area contributed by atoms with E-state index >= 15 is 0 Å². The summed E-state index contributed by atoms with van der Waals surface area (Å²) in [6.45, 7) is 10.9. The van der Waals surface area contributed by atoms with Crippen molar-refractivity contribution in [2.75, 3.05) is 13.2 Å². The van der Waals surface area contributed by atoms with Gasteiger partial charge in [-0.05, 0) is 41.7 Å². The normalized spacial score (nSPS) is 11.6. The monoisotopic (exact) mass is 287 g/mol. The highest BCUT2D eigenvalue weighted by atomic mass is 16.5. The van der Waals surface area contributed by atoms with Gasteiger partial charge in [-0.25, -0.2) is 0 Å². The zero-order chi connectivity index (χ0) is 15.3. The molecule has 3 heteroatoms. The van der Waals surface area contributed by atoms with Crippen LogP contribution in [0.15, 0.2) is 41.0 Å². The van der Waals surface area contributed by atoms with Crippen LogP contribution in [0.2, 0.25) is 0 Å². The third kappa shape index (κ3) is 4.64. The molecule has 0 amide bonds. The summed E-state index contributed by atoms with van der Waals surface area (Å²) in [5, 5.41) is 3.31. The third-order valence-electron chi connectivity index (χ3n) is 3.36. The summed E-state index contributed by atoms with van der Waals surface area (Å²) >= 11 is 0. The fraction of sp³-hybridized carbons (Fsp3) is 0.444. The second kappa shape index (κ2) is 6.81. The molecule has 1 heterocycles. The van der Waals surface area contributed by atoms with Gasteiger partial charge in [0.15, 0.2) is 0 Å². The van der Waals surface area contributed by atoms with E-state index < -0.39 is 0 Å². The molecule has 3 nitrogen and oxygen atoms in total. The number of aryl methyl sites for hydroxylation is 1. The summed E-state index contributed by atoms with van der Waals surface area (Å²) in [5.74, 6) is 1.93. The first-order chi connectivity index (χ1) is 9.97. The lowest BCUT2D eigenvalue weighted by Crippen LogP contribution is -2.21. The lowest BCUT2D eigenvalue weighted by atomic mass is 9.86. The number of hydrogen-bond donors (Lipinski definition) is 1. The van der Waals surface area contributed by atoms with E-state index in [1.54, 1.807) is 6.26 Å². The Morgan fingerprint density at radius 2 is 2.00 bits per heavy atom. The van der Waals surface area contributed by atoms with Gasteiger partial charge in [0.1, 0.15) is 18.1 Å². The topological polar surface area (TPSA) is 34.4 Å². The smallest absolute Gasteiger partial charge is 0.123 e. The van der Waals surface area contributed by atoms with E-state index in [-0.39, 0.29) is 5.41 Å². The molecule has 2 rings (SSSR count). The quantitative estimate of drug-likeness (QED) is 0.814. The number of benzene rings is 1. The molecule has 0 bridgehead atoms. The van der Waals surface area contributed by atoms with Gasteiger partial charge in [0, 0.05) is 6.54 Å². The number of ether oxygens (including phenoxy) is 1. The summed E-state index contributed by atoms with van der Waals surface area (Å²) < 4.78 is 11.2. The molecule has 21 heavy (non-hydrogen) atoms. The minimum absolute atomic E-state index is 0.0879. The molecule has 114 valence electrons. The van der Waals surface area contributed by atoms with Crippen molar-refractivity contribution in [2.24, 2.45) is 0 Å². The first kappa shape index (κ1) is 15.6. The van der Waals surface area contributed by atoms with Crippen LogP contribution in [0.1, 0.15) is 37.7 Å². The van der Waals surface area contributed by atoms with Crippen molar-refractivity contribution in [3.8, 4) is 5.75 Å². The Bertz CT molecular complexity index is 553. The highest BCUT2D eigenvalue weighted by Crippen LogP contribution is 2.31. The van der Waals surface area contributed by atoms with Crippen LogP contribution in [-0.4, -0.2) is 13.2 Å². The maximum atomic E-state index is 5.97. The molecule has 1 aromatic carbocycles. The van der Waals surface area contributed by atoms with Crippen LogP contribution in [0.5, 0.6) is 5.75 Å². The highest BCUT2D eigenvalue weighted by molar-refractivity contribution is 5.41. The predicted octanol–water partition coefficient (Wildman–Crippen LogP) is 4.05. The lowest BCUT2D eigenvalue weighted by molar-refractivity contribution is 0.303. The van der Waals surface area contributed by atoms with E-state index in [9.17, 15) is 0 Å². The summed E-state index contributed by atoms with van der Waals surface area (Å²) in [5.41, 5.74) is 2.56. The van der Waals surface area contributed by atoms with Crippen molar-refractivity contribution in [2.45, 2.75) is 39.7 Å². The fourth-order valence-electron chi connectivity index (χ4n) is 2.23. The molecule has 0 aliphatic rings. The van der Waals surface area contributed by atoms with Crippen LogP contribution in [0.3, 0.4) is 0 Å². The van der Waals surface area contributed by atoms with Gasteiger partial charge in [0.2, 0.25) is 0 Å². The van der Waals surface area contributed by atoms with Gasteiger partial charge in [0.25, 0.3) is 0 Å². The molecule has 0 fully saturated rings. The standard InChI is InChI=1S/C18H25NO2/c1-14-7-8-16(18(2,3)4)17(12-14)21-11-9-19-13-15-6-5-10-20-15/h5-8,10,12,19H,9,11,13H2,1-4H3. The zero-order valence-corrected chi connectivity index (χ0v) is 13.4. The number of rotatable bonds is 6. The summed E-state index contributed by atoms with van der Waals surface area (Å²) in [6.07, 6.45) is 1.69. The van der Waals surface area contributed by atoms with Crippen molar-refractivity contribution < 1.29 is 9.15 Å². The molecule has 0 aliphatic carbocycles. The van der Waals surface area contributed by atoms with E-state index in [2.05, 4.69) is 51.2 Å². The predicted molar refractivity (Wildman–Crippen MR) is 85.8 cm³/mol. The van der Waals surface area contributed by atoms with Gasteiger partial charge in [-0.1, -0.05) is 32.9 Å². The van der Waals surface area contributed by atoms with Crippen LogP contribution in [0.25, 0.3) is 0 Å². The maximum Gasteiger partial charge on any atom is 0.123 e. The van der Waals surface area contributed by atoms with Gasteiger partial charge < -0.3 is 14.5 Å². The van der Waals surface area contributed by atoms with E-state index in [1.807, 2.05) is 12.1 Å². The molecule has 2 aromatic rings. The van der Waals surface area contributed by atoms with Crippen molar-refractivity contribution in [3.05, 3.63) is 53.5 Å². The van der Waals surface area contributed by atoms with Crippen LogP contribution >= 0.6 is 0 Å². The van der Waals surface area contributed by atoms with Gasteiger partial charge in [-0.3, -0.25) is 0 Å². The Morgan fingerprint density at radius 3 is 2.67 bits per heavy atom. The molecular weight excluding hydrogens is 262 g/mol. The molecule has 1 N–H and O–H groups in total. The Hall–Kier alpha value is -1.74. The van der Waals surface area contributed by atoms with Crippen molar-refractivity contribution in [1.29, 1.82) is 0 Å². The average Bonchev–Trinajstić information content (AvgIpc) is 2.90. The van der Waals surface area contributed by atoms with Crippen molar-refractivity contribution in [3.63, 3.8) is 0 Å². The fourth-order valence-corrected chi connectivity index (χ4v) is 2.23. The first-order valence-electron chi connectivity index (χ1n) is 7.44. The van der Waals surface area contributed by atoms with E-state index in [4.69, 9.17) is 9.15 Å². The van der Waals surface area contributed by atoms with Gasteiger partial charge in [-0.2, -0.15) is 0 Å². The van der Waals surface area contributed by atoms with E-state index in [0.29, 0.717) is 6.61 Å². The first-order valence-corrected chi connectivity index (χ1v) is 7.44. The van der Waals surface area contributed by atoms with Crippen LogP contribution in [0, 0.1) is 6.92 Å². The molecule has 0 saturated carbocycles. The van der Waals surface area contributed by atoms with Crippen LogP contribution in [-0.2, 0) is 12.0 Å². The van der Waals surface area contributed by atoms with Crippen LogP contribution in [0.4, 0.5) is 0 Å². The second-order valence-corrected chi connectivity index (χ2v) is 6.35. The van der Waals surface area contributed by atoms with Crippen molar-refractivity contribution >= 4 is 0 Å². The molecule has 0 aliphatic heterocycles. The van der Waals surface area contributed by atoms with Gasteiger partial charge in [-0.15, -0.1) is 0 Å².